The number of hydrazone groups is 1. The summed E-state index contributed by atoms with van der Waals surface area (Å²) in [4.78, 5) is 4.87. The molecule has 8 heteroatoms. The predicted octanol–water partition coefficient (Wildman–Crippen LogP) is 8.69. The van der Waals surface area contributed by atoms with Crippen molar-refractivity contribution in [3.63, 3.8) is 0 Å². The van der Waals surface area contributed by atoms with Gasteiger partial charge in [-0.2, -0.15) is 5.10 Å². The zero-order valence-electron chi connectivity index (χ0n) is 20.0. The lowest BCUT2D eigenvalue weighted by molar-refractivity contribution is 0.649. The lowest BCUT2D eigenvalue weighted by atomic mass is 10.1. The number of rotatable bonds is 9. The number of halogens is 3. The van der Waals surface area contributed by atoms with Gasteiger partial charge in [0.05, 0.1) is 15.8 Å². The molecule has 0 radical (unpaired) electrons. The molecule has 1 aromatic heterocycles. The number of allylic oxidation sites excluding steroid dienone is 4. The fraction of sp³-hybridized carbons (Fsp3) is 0.360. The lowest BCUT2D eigenvalue weighted by Crippen LogP contribution is -2.12. The van der Waals surface area contributed by atoms with Gasteiger partial charge in [0.2, 0.25) is 0 Å². The van der Waals surface area contributed by atoms with Gasteiger partial charge in [-0.15, -0.1) is 11.8 Å². The van der Waals surface area contributed by atoms with E-state index in [1.165, 1.54) is 0 Å². The van der Waals surface area contributed by atoms with Gasteiger partial charge in [0.1, 0.15) is 5.82 Å². The Morgan fingerprint density at radius 3 is 2.24 bits per heavy atom. The molecule has 2 rings (SSSR count). The van der Waals surface area contributed by atoms with Crippen LogP contribution in [0.15, 0.2) is 58.7 Å². The summed E-state index contributed by atoms with van der Waals surface area (Å²) in [6.45, 7) is 18.1. The van der Waals surface area contributed by atoms with Crippen molar-refractivity contribution in [1.29, 1.82) is 0 Å². The van der Waals surface area contributed by atoms with Crippen molar-refractivity contribution >= 4 is 57.2 Å². The van der Waals surface area contributed by atoms with Crippen molar-refractivity contribution in [2.45, 2.75) is 53.2 Å². The standard InChI is InChI=1S/C23H27Cl3N4S.C2H6/c1-6-17(7-2)23(29-27)31-13-21-16(5)30(19-10-8-18(25)9-11-19)22(28-21)15(4)20(26)12-14(3)24;1-2/h8-12,17H,3-4,6-7,13,27H2,1-2,5H3;1-2H3/b20-12+,29-23-;. The quantitative estimate of drug-likeness (QED) is 0.117. The monoisotopic (exact) mass is 526 g/mol. The van der Waals surface area contributed by atoms with Crippen molar-refractivity contribution in [1.82, 2.24) is 9.55 Å². The van der Waals surface area contributed by atoms with Crippen LogP contribution in [0.25, 0.3) is 11.3 Å². The molecule has 1 aromatic carbocycles. The van der Waals surface area contributed by atoms with Crippen LogP contribution in [0.5, 0.6) is 0 Å². The molecular weight excluding hydrogens is 495 g/mol. The van der Waals surface area contributed by atoms with Gasteiger partial charge >= 0.3 is 0 Å². The third-order valence-corrected chi connectivity index (χ3v) is 6.80. The third kappa shape index (κ3) is 7.96. The molecule has 0 bridgehead atoms. The van der Waals surface area contributed by atoms with Crippen LogP contribution in [-0.2, 0) is 5.75 Å². The lowest BCUT2D eigenvalue weighted by Gasteiger charge is -2.14. The van der Waals surface area contributed by atoms with Crippen LogP contribution in [0.4, 0.5) is 0 Å². The smallest absolute Gasteiger partial charge is 0.145 e. The average Bonchev–Trinajstić information content (AvgIpc) is 3.13. The molecule has 0 amide bonds. The summed E-state index contributed by atoms with van der Waals surface area (Å²) in [5.74, 6) is 7.27. The Bertz CT molecular complexity index is 1000. The minimum absolute atomic E-state index is 0.317. The van der Waals surface area contributed by atoms with Crippen LogP contribution in [0, 0.1) is 12.8 Å². The van der Waals surface area contributed by atoms with Crippen molar-refractivity contribution in [3.05, 3.63) is 75.8 Å². The number of thioether (sulfide) groups is 1. The number of hydrogen-bond acceptors (Lipinski definition) is 4. The predicted molar refractivity (Wildman–Crippen MR) is 150 cm³/mol. The molecule has 0 aliphatic rings. The first-order valence-corrected chi connectivity index (χ1v) is 13.0. The highest BCUT2D eigenvalue weighted by atomic mass is 35.5. The second kappa shape index (κ2) is 14.6. The SMILES string of the molecule is C=C(Cl)/C=C(/Cl)C(=C)c1nc(CS/C(=N\N)C(CC)CC)c(C)n1-c1ccc(Cl)cc1.CC. The van der Waals surface area contributed by atoms with Crippen molar-refractivity contribution in [2.75, 3.05) is 0 Å². The molecule has 0 atom stereocenters. The molecule has 1 heterocycles. The Hall–Kier alpha value is -1.66. The summed E-state index contributed by atoms with van der Waals surface area (Å²) >= 11 is 20.0. The second-order valence-corrected chi connectivity index (χ2v) is 9.29. The van der Waals surface area contributed by atoms with E-state index in [4.69, 9.17) is 45.6 Å². The molecule has 0 saturated carbocycles. The summed E-state index contributed by atoms with van der Waals surface area (Å²) in [7, 11) is 0. The number of hydrogen-bond donors (Lipinski definition) is 1. The number of nitrogens with zero attached hydrogens (tertiary/aromatic N) is 3. The zero-order chi connectivity index (χ0) is 25.1. The molecule has 2 aromatic rings. The first-order valence-electron chi connectivity index (χ1n) is 10.9. The average molecular weight is 528 g/mol. The Labute approximate surface area is 217 Å². The molecule has 33 heavy (non-hydrogen) atoms. The van der Waals surface area contributed by atoms with Crippen LogP contribution < -0.4 is 5.84 Å². The van der Waals surface area contributed by atoms with E-state index in [0.717, 1.165) is 35.0 Å². The maximum atomic E-state index is 6.44. The number of nitrogens with two attached hydrogens (primary N) is 1. The van der Waals surface area contributed by atoms with Gasteiger partial charge in [-0.25, -0.2) is 4.98 Å². The molecule has 4 nitrogen and oxygen atoms in total. The van der Waals surface area contributed by atoms with Crippen LogP contribution in [-0.4, -0.2) is 14.6 Å². The summed E-state index contributed by atoms with van der Waals surface area (Å²) in [6, 6.07) is 7.53. The van der Waals surface area contributed by atoms with E-state index in [1.54, 1.807) is 17.8 Å². The molecule has 0 unspecified atom stereocenters. The van der Waals surface area contributed by atoms with Crippen LogP contribution >= 0.6 is 46.6 Å². The minimum Gasteiger partial charge on any atom is -0.323 e. The van der Waals surface area contributed by atoms with Crippen LogP contribution in [0.3, 0.4) is 0 Å². The van der Waals surface area contributed by atoms with E-state index in [0.29, 0.717) is 38.2 Å². The Morgan fingerprint density at radius 2 is 1.76 bits per heavy atom. The first kappa shape index (κ1) is 29.4. The summed E-state index contributed by atoms with van der Waals surface area (Å²) in [5, 5.41) is 6.31. The maximum Gasteiger partial charge on any atom is 0.145 e. The van der Waals surface area contributed by atoms with Gasteiger partial charge < -0.3 is 5.84 Å². The van der Waals surface area contributed by atoms with Crippen molar-refractivity contribution in [2.24, 2.45) is 16.9 Å². The fourth-order valence-corrected chi connectivity index (χ4v) is 4.87. The second-order valence-electron chi connectivity index (χ2n) is 6.97. The fourth-order valence-electron chi connectivity index (χ4n) is 3.16. The molecule has 0 saturated heterocycles. The molecule has 0 aliphatic heterocycles. The molecular formula is C25H33Cl3N4S. The topological polar surface area (TPSA) is 56.2 Å². The van der Waals surface area contributed by atoms with Gasteiger partial charge in [0.25, 0.3) is 0 Å². The largest absolute Gasteiger partial charge is 0.323 e. The van der Waals surface area contributed by atoms with E-state index in [2.05, 4.69) is 32.1 Å². The van der Waals surface area contributed by atoms with E-state index in [9.17, 15) is 0 Å². The Balaban J connectivity index is 0.00000265. The number of imidazole rings is 1. The molecule has 0 aliphatic carbocycles. The minimum atomic E-state index is 0.317. The number of aromatic nitrogens is 2. The normalized spacial score (nSPS) is 11.9. The van der Waals surface area contributed by atoms with E-state index in [-0.39, 0.29) is 0 Å². The highest BCUT2D eigenvalue weighted by Crippen LogP contribution is 2.32. The van der Waals surface area contributed by atoms with Gasteiger partial charge in [-0.1, -0.05) is 75.7 Å². The molecule has 0 spiro atoms. The Morgan fingerprint density at radius 1 is 1.18 bits per heavy atom. The summed E-state index contributed by atoms with van der Waals surface area (Å²) in [6.07, 6.45) is 3.54. The van der Waals surface area contributed by atoms with Crippen LogP contribution in [0.2, 0.25) is 5.02 Å². The van der Waals surface area contributed by atoms with Crippen LogP contribution in [0.1, 0.15) is 57.7 Å². The van der Waals surface area contributed by atoms with Crippen molar-refractivity contribution in [3.8, 4) is 5.69 Å². The Kier molecular flexibility index (Phi) is 13.0. The van der Waals surface area contributed by atoms with E-state index < -0.39 is 0 Å². The highest BCUT2D eigenvalue weighted by Gasteiger charge is 2.21. The van der Waals surface area contributed by atoms with Gasteiger partial charge in [-0.3, -0.25) is 4.57 Å². The maximum absolute atomic E-state index is 6.44. The molecule has 2 N–H and O–H groups in total. The van der Waals surface area contributed by atoms with Crippen molar-refractivity contribution < 1.29 is 0 Å². The van der Waals surface area contributed by atoms with Gasteiger partial charge in [-0.05, 0) is 50.1 Å². The highest BCUT2D eigenvalue weighted by molar-refractivity contribution is 8.13. The summed E-state index contributed by atoms with van der Waals surface area (Å²) < 4.78 is 2.01. The molecule has 180 valence electrons. The third-order valence-electron chi connectivity index (χ3n) is 4.95. The van der Waals surface area contributed by atoms with E-state index >= 15 is 0 Å². The summed E-state index contributed by atoms with van der Waals surface area (Å²) in [5.41, 5.74) is 3.33. The van der Waals surface area contributed by atoms with Gasteiger partial charge in [0.15, 0.2) is 0 Å². The number of benzene rings is 1. The van der Waals surface area contributed by atoms with E-state index in [1.807, 2.05) is 49.6 Å². The first-order chi connectivity index (χ1) is 15.7. The molecule has 0 fully saturated rings. The zero-order valence-corrected chi connectivity index (χ0v) is 23.0. The van der Waals surface area contributed by atoms with Gasteiger partial charge in [0, 0.05) is 38.7 Å².